The van der Waals surface area contributed by atoms with E-state index in [1.165, 1.54) is 0 Å². The summed E-state index contributed by atoms with van der Waals surface area (Å²) in [5, 5.41) is 3.13. The summed E-state index contributed by atoms with van der Waals surface area (Å²) in [4.78, 5) is 17.6. The minimum atomic E-state index is -3.66. The first-order valence-electron chi connectivity index (χ1n) is 13.7. The molecule has 0 spiro atoms. The van der Waals surface area contributed by atoms with Gasteiger partial charge in [0.2, 0.25) is 10.0 Å². The number of nitrogens with two attached hydrogens (primary N) is 1. The van der Waals surface area contributed by atoms with E-state index in [9.17, 15) is 13.2 Å². The quantitative estimate of drug-likeness (QED) is 0.450. The van der Waals surface area contributed by atoms with E-state index in [0.29, 0.717) is 62.4 Å². The molecule has 0 radical (unpaired) electrons. The molecular weight excluding hydrogens is 490 g/mol. The second-order valence-corrected chi connectivity index (χ2v) is 12.4. The predicted octanol–water partition coefficient (Wildman–Crippen LogP) is 2.65. The molecule has 3 aliphatic rings. The molecule has 37 heavy (non-hydrogen) atoms. The lowest BCUT2D eigenvalue weighted by molar-refractivity contribution is -0.118. The molecule has 3 heterocycles. The first kappa shape index (κ1) is 27.9. The molecule has 0 bridgehead atoms. The number of benzene rings is 1. The molecule has 1 amide bonds. The Kier molecular flexibility index (Phi) is 9.15. The van der Waals surface area contributed by atoms with Crippen molar-refractivity contribution in [1.82, 2.24) is 19.4 Å². The zero-order valence-corrected chi connectivity index (χ0v) is 23.4. The van der Waals surface area contributed by atoms with Crippen molar-refractivity contribution in [3.05, 3.63) is 35.0 Å². The van der Waals surface area contributed by atoms with Crippen LogP contribution in [0.15, 0.2) is 34.4 Å². The Bertz CT molecular complexity index is 1100. The van der Waals surface area contributed by atoms with E-state index in [1.807, 2.05) is 18.9 Å². The molecule has 1 saturated heterocycles. The number of piperidine rings is 1. The minimum Gasteiger partial charge on any atom is -0.493 e. The van der Waals surface area contributed by atoms with E-state index in [2.05, 4.69) is 17.1 Å². The monoisotopic (exact) mass is 533 g/mol. The Morgan fingerprint density at radius 2 is 1.92 bits per heavy atom. The van der Waals surface area contributed by atoms with E-state index in [-0.39, 0.29) is 10.8 Å². The van der Waals surface area contributed by atoms with Gasteiger partial charge in [-0.25, -0.2) is 8.42 Å². The van der Waals surface area contributed by atoms with Gasteiger partial charge in [-0.05, 0) is 81.3 Å². The highest BCUT2D eigenvalue weighted by molar-refractivity contribution is 7.89. The van der Waals surface area contributed by atoms with Gasteiger partial charge >= 0.3 is 0 Å². The van der Waals surface area contributed by atoms with Gasteiger partial charge in [0.05, 0.1) is 24.2 Å². The summed E-state index contributed by atoms with van der Waals surface area (Å²) in [6.45, 7) is 8.70. The maximum atomic E-state index is 13.7. The van der Waals surface area contributed by atoms with Gasteiger partial charge < -0.3 is 20.7 Å². The number of hydrogen-bond acceptors (Lipinski definition) is 7. The molecule has 1 fully saturated rings. The number of nitrogens with zero attached hydrogens (tertiary/aromatic N) is 3. The van der Waals surface area contributed by atoms with E-state index in [1.54, 1.807) is 22.5 Å². The highest BCUT2D eigenvalue weighted by atomic mass is 32.2. The van der Waals surface area contributed by atoms with Gasteiger partial charge in [0.1, 0.15) is 11.4 Å². The Morgan fingerprint density at radius 3 is 2.59 bits per heavy atom. The lowest BCUT2D eigenvalue weighted by Gasteiger charge is -2.35. The Labute approximate surface area is 222 Å². The van der Waals surface area contributed by atoms with Crippen LogP contribution < -0.4 is 15.8 Å². The lowest BCUT2D eigenvalue weighted by Crippen LogP contribution is -2.43. The smallest absolute Gasteiger partial charge is 0.268 e. The maximum Gasteiger partial charge on any atom is 0.268 e. The number of ether oxygens (including phenoxy) is 1. The van der Waals surface area contributed by atoms with Crippen LogP contribution in [-0.2, 0) is 14.8 Å². The second kappa shape index (κ2) is 12.1. The number of likely N-dealkylation sites (N-methyl/N-ethyl adjacent to an activating group) is 1. The summed E-state index contributed by atoms with van der Waals surface area (Å²) < 4.78 is 35.0. The van der Waals surface area contributed by atoms with Gasteiger partial charge in [-0.1, -0.05) is 13.8 Å². The first-order valence-corrected chi connectivity index (χ1v) is 15.2. The van der Waals surface area contributed by atoms with Gasteiger partial charge in [-0.3, -0.25) is 9.69 Å². The number of carbonyl (C=O) groups is 1. The summed E-state index contributed by atoms with van der Waals surface area (Å²) in [5.74, 6) is 1.03. The van der Waals surface area contributed by atoms with Crippen LogP contribution in [0.25, 0.3) is 0 Å². The Balaban J connectivity index is 1.65. The molecular formula is C27H43N5O4S. The molecule has 206 valence electrons. The zero-order chi connectivity index (χ0) is 26.6. The molecule has 9 nitrogen and oxygen atoms in total. The Morgan fingerprint density at radius 1 is 1.16 bits per heavy atom. The number of sulfonamides is 1. The van der Waals surface area contributed by atoms with Gasteiger partial charge in [0.25, 0.3) is 5.91 Å². The van der Waals surface area contributed by atoms with Crippen molar-refractivity contribution in [2.24, 2.45) is 11.7 Å². The van der Waals surface area contributed by atoms with Crippen LogP contribution in [0.3, 0.4) is 0 Å². The van der Waals surface area contributed by atoms with Crippen molar-refractivity contribution in [2.45, 2.75) is 63.3 Å². The van der Waals surface area contributed by atoms with Crippen LogP contribution in [0.4, 0.5) is 0 Å². The minimum absolute atomic E-state index is 0.118. The number of nitrogens with one attached hydrogen (secondary N) is 1. The SMILES string of the molecule is CCCOc1ccc(S(=O)(=O)N2CCC(CCCN)CC2)cc1C1NC(=O)C2=C1CN(CCC)CN2C. The van der Waals surface area contributed by atoms with Crippen LogP contribution in [0.5, 0.6) is 5.75 Å². The topological polar surface area (TPSA) is 108 Å². The van der Waals surface area contributed by atoms with Crippen molar-refractivity contribution < 1.29 is 17.9 Å². The summed E-state index contributed by atoms with van der Waals surface area (Å²) in [6.07, 6.45) is 5.60. The average Bonchev–Trinajstić information content (AvgIpc) is 3.22. The van der Waals surface area contributed by atoms with Crippen LogP contribution >= 0.6 is 0 Å². The molecule has 1 atom stereocenters. The van der Waals surface area contributed by atoms with Crippen molar-refractivity contribution in [1.29, 1.82) is 0 Å². The van der Waals surface area contributed by atoms with E-state index >= 15 is 0 Å². The molecule has 1 unspecified atom stereocenters. The number of carbonyl (C=O) groups excluding carboxylic acids is 1. The van der Waals surface area contributed by atoms with Crippen molar-refractivity contribution in [3.63, 3.8) is 0 Å². The fourth-order valence-corrected chi connectivity index (χ4v) is 7.30. The van der Waals surface area contributed by atoms with Crippen LogP contribution in [0.1, 0.15) is 64.0 Å². The third kappa shape index (κ3) is 5.97. The number of hydrogen-bond donors (Lipinski definition) is 2. The molecule has 10 heteroatoms. The number of rotatable bonds is 11. The van der Waals surface area contributed by atoms with Gasteiger partial charge in [-0.2, -0.15) is 4.31 Å². The van der Waals surface area contributed by atoms with Crippen LogP contribution in [0, 0.1) is 5.92 Å². The van der Waals surface area contributed by atoms with Gasteiger partial charge in [-0.15, -0.1) is 0 Å². The zero-order valence-electron chi connectivity index (χ0n) is 22.5. The van der Waals surface area contributed by atoms with Crippen molar-refractivity contribution in [3.8, 4) is 5.75 Å². The summed E-state index contributed by atoms with van der Waals surface area (Å²) >= 11 is 0. The van der Waals surface area contributed by atoms with Gasteiger partial charge in [0.15, 0.2) is 0 Å². The normalized spacial score (nSPS) is 21.9. The first-order chi connectivity index (χ1) is 17.8. The molecule has 4 rings (SSSR count). The molecule has 1 aromatic carbocycles. The fraction of sp³-hybridized carbons (Fsp3) is 0.667. The summed E-state index contributed by atoms with van der Waals surface area (Å²) in [7, 11) is -1.73. The summed E-state index contributed by atoms with van der Waals surface area (Å²) in [5.41, 5.74) is 8.02. The summed E-state index contributed by atoms with van der Waals surface area (Å²) in [6, 6.07) is 4.70. The largest absolute Gasteiger partial charge is 0.493 e. The molecule has 3 N–H and O–H groups in total. The highest BCUT2D eigenvalue weighted by Crippen LogP contribution is 2.40. The Hall–Kier alpha value is -2.14. The number of amides is 1. The predicted molar refractivity (Wildman–Crippen MR) is 144 cm³/mol. The van der Waals surface area contributed by atoms with Crippen molar-refractivity contribution >= 4 is 15.9 Å². The highest BCUT2D eigenvalue weighted by Gasteiger charge is 2.40. The molecule has 0 aromatic heterocycles. The average molecular weight is 534 g/mol. The molecule has 0 aliphatic carbocycles. The third-order valence-corrected chi connectivity index (χ3v) is 9.55. The second-order valence-electron chi connectivity index (χ2n) is 10.5. The lowest BCUT2D eigenvalue weighted by atomic mass is 9.93. The maximum absolute atomic E-state index is 13.7. The van der Waals surface area contributed by atoms with E-state index in [0.717, 1.165) is 50.6 Å². The van der Waals surface area contributed by atoms with Crippen LogP contribution in [-0.4, -0.2) is 81.5 Å². The fourth-order valence-electron chi connectivity index (χ4n) is 5.80. The molecule has 3 aliphatic heterocycles. The van der Waals surface area contributed by atoms with E-state index < -0.39 is 16.1 Å². The molecule has 0 saturated carbocycles. The molecule has 1 aromatic rings. The van der Waals surface area contributed by atoms with Crippen molar-refractivity contribution in [2.75, 3.05) is 53.0 Å². The van der Waals surface area contributed by atoms with E-state index in [4.69, 9.17) is 10.5 Å². The van der Waals surface area contributed by atoms with Gasteiger partial charge in [0, 0.05) is 32.2 Å². The standard InChI is InChI=1S/C27H43N5O4S/c1-4-13-31-18-23-25(29-27(33)26(23)30(3)19-31)22-17-21(8-9-24(22)36-16-5-2)37(34,35)32-14-10-20(11-15-32)7-6-12-28/h8-9,17,20,25H,4-7,10-16,18-19,28H2,1-3H3,(H,29,33). The van der Waals surface area contributed by atoms with Crippen LogP contribution in [0.2, 0.25) is 0 Å². The third-order valence-electron chi connectivity index (χ3n) is 7.65.